The molecule has 0 N–H and O–H groups in total. The van der Waals surface area contributed by atoms with Crippen molar-refractivity contribution in [2.24, 2.45) is 0 Å². The first-order valence-corrected chi connectivity index (χ1v) is 9.64. The summed E-state index contributed by atoms with van der Waals surface area (Å²) in [6.45, 7) is 9.93. The lowest BCUT2D eigenvalue weighted by Crippen LogP contribution is -2.46. The van der Waals surface area contributed by atoms with Crippen LogP contribution < -0.4 is 0 Å². The molecule has 0 amide bonds. The van der Waals surface area contributed by atoms with Crippen molar-refractivity contribution in [3.05, 3.63) is 0 Å². The van der Waals surface area contributed by atoms with Crippen molar-refractivity contribution in [1.29, 1.82) is 0 Å². The third-order valence-corrected chi connectivity index (χ3v) is 6.95. The largest absolute Gasteiger partial charge is 0.500 e. The Bertz CT molecular complexity index is 198. The monoisotopic (exact) mass is 312 g/mol. The molecule has 18 heavy (non-hydrogen) atoms. The second kappa shape index (κ2) is 9.66. The van der Waals surface area contributed by atoms with Gasteiger partial charge in [0.05, 0.1) is 4.08 Å². The minimum atomic E-state index is -2.48. The summed E-state index contributed by atoms with van der Waals surface area (Å²) < 4.78 is 17.2. The van der Waals surface area contributed by atoms with Gasteiger partial charge in [0.2, 0.25) is 0 Å². The SMILES string of the molecule is CCO[Si](CCCC(S)(S)CC)(OCC)OCC. The molecule has 0 fully saturated rings. The molecule has 0 rings (SSSR count). The normalized spacial score (nSPS) is 13.0. The van der Waals surface area contributed by atoms with Gasteiger partial charge in [-0.3, -0.25) is 0 Å². The van der Waals surface area contributed by atoms with Crippen LogP contribution >= 0.6 is 25.3 Å². The van der Waals surface area contributed by atoms with E-state index in [-0.39, 0.29) is 4.08 Å². The molecular weight excluding hydrogens is 284 g/mol. The highest BCUT2D eigenvalue weighted by molar-refractivity contribution is 8.00. The van der Waals surface area contributed by atoms with Crippen LogP contribution in [-0.4, -0.2) is 32.7 Å². The van der Waals surface area contributed by atoms with Crippen LogP contribution in [0.5, 0.6) is 0 Å². The first-order valence-electron chi connectivity index (χ1n) is 6.81. The summed E-state index contributed by atoms with van der Waals surface area (Å²) in [6.07, 6.45) is 2.83. The molecule has 0 aromatic heterocycles. The first kappa shape index (κ1) is 18.8. The predicted octanol–water partition coefficient (Wildman–Crippen LogP) is 3.78. The molecule has 0 radical (unpaired) electrons. The van der Waals surface area contributed by atoms with Crippen LogP contribution in [0.3, 0.4) is 0 Å². The van der Waals surface area contributed by atoms with Gasteiger partial charge in [-0.15, -0.1) is 0 Å². The van der Waals surface area contributed by atoms with Gasteiger partial charge in [-0.2, -0.15) is 25.3 Å². The molecule has 3 nitrogen and oxygen atoms in total. The van der Waals surface area contributed by atoms with Crippen LogP contribution in [0.4, 0.5) is 0 Å². The zero-order valence-corrected chi connectivity index (χ0v) is 14.9. The minimum absolute atomic E-state index is 0.204. The third-order valence-electron chi connectivity index (χ3n) is 2.72. The smallest absolute Gasteiger partial charge is 0.374 e. The van der Waals surface area contributed by atoms with Gasteiger partial charge in [-0.05, 0) is 40.0 Å². The highest BCUT2D eigenvalue weighted by Gasteiger charge is 2.40. The first-order chi connectivity index (χ1) is 8.45. The third kappa shape index (κ3) is 7.40. The maximum atomic E-state index is 5.80. The molecule has 0 spiro atoms. The van der Waals surface area contributed by atoms with E-state index in [1.807, 2.05) is 20.8 Å². The number of hydrogen-bond donors (Lipinski definition) is 2. The molecule has 0 atom stereocenters. The summed E-state index contributed by atoms with van der Waals surface area (Å²) in [5, 5.41) is 0. The van der Waals surface area contributed by atoms with Gasteiger partial charge in [0.25, 0.3) is 0 Å². The van der Waals surface area contributed by atoms with E-state index in [9.17, 15) is 0 Å². The quantitative estimate of drug-likeness (QED) is 0.345. The molecule has 0 saturated carbocycles. The van der Waals surface area contributed by atoms with Gasteiger partial charge in [0.15, 0.2) is 0 Å². The summed E-state index contributed by atoms with van der Waals surface area (Å²) in [7, 11) is -2.48. The molecule has 0 aromatic carbocycles. The number of rotatable bonds is 11. The van der Waals surface area contributed by atoms with Gasteiger partial charge in [-0.1, -0.05) is 6.92 Å². The Morgan fingerprint density at radius 3 is 1.67 bits per heavy atom. The topological polar surface area (TPSA) is 27.7 Å². The summed E-state index contributed by atoms with van der Waals surface area (Å²) in [4.78, 5) is 0. The van der Waals surface area contributed by atoms with E-state index in [4.69, 9.17) is 13.3 Å². The fourth-order valence-corrected chi connectivity index (χ4v) is 4.69. The predicted molar refractivity (Wildman–Crippen MR) is 85.7 cm³/mol. The molecule has 0 heterocycles. The van der Waals surface area contributed by atoms with Crippen LogP contribution in [0.1, 0.15) is 47.0 Å². The Hall–Kier alpha value is 0.797. The maximum absolute atomic E-state index is 5.80. The zero-order valence-electron chi connectivity index (χ0n) is 12.1. The Balaban J connectivity index is 4.38. The van der Waals surface area contributed by atoms with Gasteiger partial charge in [0.1, 0.15) is 0 Å². The van der Waals surface area contributed by atoms with E-state index >= 15 is 0 Å². The summed E-state index contributed by atoms with van der Waals surface area (Å²) in [6, 6.07) is 0.839. The highest BCUT2D eigenvalue weighted by atomic mass is 32.2. The molecule has 110 valence electrons. The van der Waals surface area contributed by atoms with Crippen molar-refractivity contribution in [1.82, 2.24) is 0 Å². The average molecular weight is 313 g/mol. The molecule has 0 saturated heterocycles. The van der Waals surface area contributed by atoms with Crippen molar-refractivity contribution in [3.63, 3.8) is 0 Å². The second-order valence-corrected chi connectivity index (χ2v) is 8.97. The lowest BCUT2D eigenvalue weighted by molar-refractivity contribution is 0.0706. The van der Waals surface area contributed by atoms with Crippen molar-refractivity contribution in [3.8, 4) is 0 Å². The molecular formula is C12H28O3S2Si. The summed E-state index contributed by atoms with van der Waals surface area (Å²) in [5.74, 6) is 0. The lowest BCUT2D eigenvalue weighted by atomic mass is 10.2. The second-order valence-electron chi connectivity index (χ2n) is 4.17. The van der Waals surface area contributed by atoms with E-state index in [0.717, 1.165) is 25.3 Å². The number of thiol groups is 2. The minimum Gasteiger partial charge on any atom is -0.374 e. The zero-order chi connectivity index (χ0) is 14.1. The lowest BCUT2D eigenvalue weighted by Gasteiger charge is -2.29. The Morgan fingerprint density at radius 1 is 0.889 bits per heavy atom. The standard InChI is InChI=1S/C12H28O3S2Si/c1-5-12(16,17)10-9-11-18(13-6-2,14-7-3)15-8-4/h16-17H,5-11H2,1-4H3. The van der Waals surface area contributed by atoms with Crippen LogP contribution in [0, 0.1) is 0 Å². The van der Waals surface area contributed by atoms with E-state index in [1.54, 1.807) is 0 Å². The Morgan fingerprint density at radius 2 is 1.33 bits per heavy atom. The van der Waals surface area contributed by atoms with Crippen LogP contribution in [0.2, 0.25) is 6.04 Å². The van der Waals surface area contributed by atoms with Gasteiger partial charge in [-0.25, -0.2) is 0 Å². The maximum Gasteiger partial charge on any atom is 0.500 e. The number of hydrogen-bond acceptors (Lipinski definition) is 5. The van der Waals surface area contributed by atoms with E-state index < -0.39 is 8.80 Å². The van der Waals surface area contributed by atoms with Gasteiger partial charge in [0, 0.05) is 25.9 Å². The fourth-order valence-electron chi connectivity index (χ4n) is 1.77. The molecule has 0 aromatic rings. The molecule has 0 aliphatic rings. The van der Waals surface area contributed by atoms with E-state index in [0.29, 0.717) is 19.8 Å². The molecule has 0 aliphatic carbocycles. The molecule has 6 heteroatoms. The van der Waals surface area contributed by atoms with Crippen LogP contribution in [0.25, 0.3) is 0 Å². The highest BCUT2D eigenvalue weighted by Crippen LogP contribution is 2.31. The van der Waals surface area contributed by atoms with Gasteiger partial charge >= 0.3 is 8.80 Å². The van der Waals surface area contributed by atoms with Crippen molar-refractivity contribution >= 4 is 34.1 Å². The molecule has 0 bridgehead atoms. The summed E-state index contributed by atoms with van der Waals surface area (Å²) in [5.41, 5.74) is 0. The van der Waals surface area contributed by atoms with Crippen LogP contribution in [0.15, 0.2) is 0 Å². The average Bonchev–Trinajstić information content (AvgIpc) is 2.30. The molecule has 0 aliphatic heterocycles. The van der Waals surface area contributed by atoms with E-state index in [2.05, 4.69) is 32.2 Å². The Labute approximate surface area is 124 Å². The Kier molecular flexibility index (Phi) is 10.1. The molecule has 0 unspecified atom stereocenters. The van der Waals surface area contributed by atoms with Crippen LogP contribution in [-0.2, 0) is 13.3 Å². The van der Waals surface area contributed by atoms with Gasteiger partial charge < -0.3 is 13.3 Å². The fraction of sp³-hybridized carbons (Fsp3) is 1.00. The van der Waals surface area contributed by atoms with Crippen molar-refractivity contribution in [2.45, 2.75) is 57.1 Å². The summed E-state index contributed by atoms with van der Waals surface area (Å²) >= 11 is 9.06. The van der Waals surface area contributed by atoms with Crippen molar-refractivity contribution < 1.29 is 13.3 Å². The van der Waals surface area contributed by atoms with E-state index in [1.165, 1.54) is 0 Å². The van der Waals surface area contributed by atoms with Crippen molar-refractivity contribution in [2.75, 3.05) is 19.8 Å².